The molecule has 0 aliphatic rings. The first-order valence-electron chi connectivity index (χ1n) is 5.80. The molecule has 3 nitrogen and oxygen atoms in total. The van der Waals surface area contributed by atoms with Gasteiger partial charge in [-0.05, 0) is 45.4 Å². The van der Waals surface area contributed by atoms with E-state index < -0.39 is 5.41 Å². The number of nitrogens with two attached hydrogens (primary N) is 1. The second kappa shape index (κ2) is 5.20. The van der Waals surface area contributed by atoms with Crippen LogP contribution in [0.1, 0.15) is 39.3 Å². The van der Waals surface area contributed by atoms with Gasteiger partial charge in [-0.3, -0.25) is 0 Å². The summed E-state index contributed by atoms with van der Waals surface area (Å²) in [6.07, 6.45) is 0.157. The third-order valence-electron chi connectivity index (χ3n) is 2.68. The molecule has 0 saturated heterocycles. The summed E-state index contributed by atoms with van der Waals surface area (Å²) in [5, 5.41) is 9.04. The van der Waals surface area contributed by atoms with E-state index in [0.717, 1.165) is 11.3 Å². The molecule has 1 unspecified atom stereocenters. The molecule has 92 valence electrons. The van der Waals surface area contributed by atoms with Crippen LogP contribution in [0.4, 0.5) is 0 Å². The number of benzene rings is 1. The summed E-state index contributed by atoms with van der Waals surface area (Å²) >= 11 is 0. The highest BCUT2D eigenvalue weighted by Crippen LogP contribution is 2.31. The van der Waals surface area contributed by atoms with Crippen LogP contribution in [0.3, 0.4) is 0 Å². The molecular weight excluding hydrogens is 212 g/mol. The van der Waals surface area contributed by atoms with Crippen LogP contribution < -0.4 is 10.5 Å². The summed E-state index contributed by atoms with van der Waals surface area (Å²) in [7, 11) is 0. The molecule has 17 heavy (non-hydrogen) atoms. The molecule has 0 spiro atoms. The van der Waals surface area contributed by atoms with Crippen molar-refractivity contribution in [2.75, 3.05) is 0 Å². The lowest BCUT2D eigenvalue weighted by atomic mass is 9.82. The van der Waals surface area contributed by atoms with E-state index in [2.05, 4.69) is 6.07 Å². The first-order chi connectivity index (χ1) is 7.86. The minimum Gasteiger partial charge on any atom is -0.491 e. The monoisotopic (exact) mass is 232 g/mol. The SMILES string of the molecule is CC(C)Oc1ccc(C(N)C(C)(C)C#N)cc1. The number of hydrogen-bond acceptors (Lipinski definition) is 3. The zero-order valence-electron chi connectivity index (χ0n) is 10.9. The standard InChI is InChI=1S/C14H20N2O/c1-10(2)17-12-7-5-11(6-8-12)13(16)14(3,4)9-15/h5-8,10,13H,16H2,1-4H3. The molecule has 0 bridgehead atoms. The van der Waals surface area contributed by atoms with Crippen molar-refractivity contribution in [1.29, 1.82) is 5.26 Å². The Labute approximate surface area is 103 Å². The smallest absolute Gasteiger partial charge is 0.119 e. The highest BCUT2D eigenvalue weighted by molar-refractivity contribution is 5.31. The Kier molecular flexibility index (Phi) is 4.14. The highest BCUT2D eigenvalue weighted by atomic mass is 16.5. The molecule has 2 N–H and O–H groups in total. The van der Waals surface area contributed by atoms with Gasteiger partial charge in [-0.15, -0.1) is 0 Å². The zero-order valence-corrected chi connectivity index (χ0v) is 10.9. The quantitative estimate of drug-likeness (QED) is 0.868. The van der Waals surface area contributed by atoms with Crippen molar-refractivity contribution in [3.63, 3.8) is 0 Å². The minimum atomic E-state index is -0.569. The van der Waals surface area contributed by atoms with Gasteiger partial charge in [0.2, 0.25) is 0 Å². The number of nitrogens with zero attached hydrogens (tertiary/aromatic N) is 1. The van der Waals surface area contributed by atoms with Gasteiger partial charge in [0.15, 0.2) is 0 Å². The second-order valence-corrected chi connectivity index (χ2v) is 5.05. The first-order valence-corrected chi connectivity index (χ1v) is 5.80. The van der Waals surface area contributed by atoms with Crippen LogP contribution in [0.2, 0.25) is 0 Å². The fourth-order valence-electron chi connectivity index (χ4n) is 1.51. The molecule has 0 aliphatic carbocycles. The van der Waals surface area contributed by atoms with Crippen LogP contribution in [0, 0.1) is 16.7 Å². The van der Waals surface area contributed by atoms with Gasteiger partial charge < -0.3 is 10.5 Å². The lowest BCUT2D eigenvalue weighted by Crippen LogP contribution is -2.27. The molecule has 1 rings (SSSR count). The van der Waals surface area contributed by atoms with Crippen LogP contribution in [0.15, 0.2) is 24.3 Å². The van der Waals surface area contributed by atoms with Gasteiger partial charge >= 0.3 is 0 Å². The lowest BCUT2D eigenvalue weighted by molar-refractivity contribution is 0.242. The maximum atomic E-state index is 9.04. The van der Waals surface area contributed by atoms with Crippen LogP contribution in [-0.2, 0) is 0 Å². The topological polar surface area (TPSA) is 59.0 Å². The Balaban J connectivity index is 2.85. The molecule has 1 aromatic carbocycles. The minimum absolute atomic E-state index is 0.157. The average molecular weight is 232 g/mol. The molecule has 3 heteroatoms. The van der Waals surface area contributed by atoms with Crippen molar-refractivity contribution < 1.29 is 4.74 Å². The summed E-state index contributed by atoms with van der Waals surface area (Å²) in [5.41, 5.74) is 6.45. The Morgan fingerprint density at radius 3 is 2.18 bits per heavy atom. The van der Waals surface area contributed by atoms with E-state index in [1.165, 1.54) is 0 Å². The van der Waals surface area contributed by atoms with Crippen LogP contribution >= 0.6 is 0 Å². The fraction of sp³-hybridized carbons (Fsp3) is 0.500. The van der Waals surface area contributed by atoms with Gasteiger partial charge in [0, 0.05) is 6.04 Å². The average Bonchev–Trinajstić information content (AvgIpc) is 2.28. The maximum Gasteiger partial charge on any atom is 0.119 e. The zero-order chi connectivity index (χ0) is 13.1. The van der Waals surface area contributed by atoms with Gasteiger partial charge in [-0.1, -0.05) is 12.1 Å². The van der Waals surface area contributed by atoms with Crippen LogP contribution in [0.25, 0.3) is 0 Å². The van der Waals surface area contributed by atoms with E-state index in [1.807, 2.05) is 52.0 Å². The maximum absolute atomic E-state index is 9.04. The van der Waals surface area contributed by atoms with Crippen LogP contribution in [0.5, 0.6) is 5.75 Å². The molecule has 0 aliphatic heterocycles. The third-order valence-corrected chi connectivity index (χ3v) is 2.68. The van der Waals surface area contributed by atoms with Crippen molar-refractivity contribution in [3.05, 3.63) is 29.8 Å². The van der Waals surface area contributed by atoms with Crippen LogP contribution in [-0.4, -0.2) is 6.10 Å². The van der Waals surface area contributed by atoms with Gasteiger partial charge in [0.25, 0.3) is 0 Å². The van der Waals surface area contributed by atoms with Crippen molar-refractivity contribution >= 4 is 0 Å². The van der Waals surface area contributed by atoms with Crippen molar-refractivity contribution in [2.24, 2.45) is 11.1 Å². The van der Waals surface area contributed by atoms with Crippen molar-refractivity contribution in [2.45, 2.75) is 39.8 Å². The molecule has 0 aromatic heterocycles. The summed E-state index contributed by atoms with van der Waals surface area (Å²) < 4.78 is 5.56. The second-order valence-electron chi connectivity index (χ2n) is 5.05. The molecular formula is C14H20N2O. The highest BCUT2D eigenvalue weighted by Gasteiger charge is 2.27. The normalized spacial score (nSPS) is 13.2. The largest absolute Gasteiger partial charge is 0.491 e. The first kappa shape index (κ1) is 13.5. The van der Waals surface area contributed by atoms with E-state index in [9.17, 15) is 0 Å². The van der Waals surface area contributed by atoms with Crippen molar-refractivity contribution in [3.8, 4) is 11.8 Å². The number of ether oxygens (including phenoxy) is 1. The Bertz CT molecular complexity index is 401. The van der Waals surface area contributed by atoms with E-state index in [-0.39, 0.29) is 12.1 Å². The van der Waals surface area contributed by atoms with Gasteiger partial charge in [0.05, 0.1) is 17.6 Å². The molecule has 1 atom stereocenters. The molecule has 0 fully saturated rings. The van der Waals surface area contributed by atoms with E-state index in [0.29, 0.717) is 0 Å². The number of hydrogen-bond donors (Lipinski definition) is 1. The summed E-state index contributed by atoms with van der Waals surface area (Å²) in [4.78, 5) is 0. The molecule has 0 amide bonds. The number of nitriles is 1. The van der Waals surface area contributed by atoms with Gasteiger partial charge in [-0.25, -0.2) is 0 Å². The summed E-state index contributed by atoms with van der Waals surface area (Å²) in [6.45, 7) is 7.66. The van der Waals surface area contributed by atoms with Gasteiger partial charge in [-0.2, -0.15) is 5.26 Å². The van der Waals surface area contributed by atoms with E-state index in [1.54, 1.807) is 0 Å². The third kappa shape index (κ3) is 3.47. The Morgan fingerprint density at radius 1 is 1.24 bits per heavy atom. The molecule has 1 aromatic rings. The van der Waals surface area contributed by atoms with E-state index in [4.69, 9.17) is 15.7 Å². The predicted molar refractivity (Wildman–Crippen MR) is 68.5 cm³/mol. The fourth-order valence-corrected chi connectivity index (χ4v) is 1.51. The van der Waals surface area contributed by atoms with Crippen molar-refractivity contribution in [1.82, 2.24) is 0 Å². The Morgan fingerprint density at radius 2 is 1.76 bits per heavy atom. The number of rotatable bonds is 4. The molecule has 0 saturated carbocycles. The summed E-state index contributed by atoms with van der Waals surface area (Å²) in [6, 6.07) is 9.56. The molecule has 0 radical (unpaired) electrons. The summed E-state index contributed by atoms with van der Waals surface area (Å²) in [5.74, 6) is 0.825. The predicted octanol–water partition coefficient (Wildman–Crippen LogP) is 3.02. The molecule has 0 heterocycles. The van der Waals surface area contributed by atoms with Gasteiger partial charge in [0.1, 0.15) is 5.75 Å². The van der Waals surface area contributed by atoms with E-state index >= 15 is 0 Å². The Hall–Kier alpha value is -1.53. The lowest BCUT2D eigenvalue weighted by Gasteiger charge is -2.24.